The summed E-state index contributed by atoms with van der Waals surface area (Å²) in [6.45, 7) is 6.26. The lowest BCUT2D eigenvalue weighted by Gasteiger charge is -2.20. The van der Waals surface area contributed by atoms with Crippen LogP contribution in [0.4, 0.5) is 0 Å². The van der Waals surface area contributed by atoms with Crippen molar-refractivity contribution in [2.24, 2.45) is 0 Å². The molecule has 2 aromatic rings. The zero-order valence-corrected chi connectivity index (χ0v) is 15.2. The summed E-state index contributed by atoms with van der Waals surface area (Å²) >= 11 is 10.4. The van der Waals surface area contributed by atoms with Gasteiger partial charge in [-0.1, -0.05) is 47.1 Å². The van der Waals surface area contributed by atoms with Crippen LogP contribution in [0.25, 0.3) is 0 Å². The molecule has 0 aliphatic heterocycles. The number of ether oxygens (including phenoxy) is 1. The molecule has 1 atom stereocenters. The van der Waals surface area contributed by atoms with E-state index in [-0.39, 0.29) is 5.38 Å². The third kappa shape index (κ3) is 3.27. The van der Waals surface area contributed by atoms with Crippen molar-refractivity contribution >= 4 is 27.5 Å². The van der Waals surface area contributed by atoms with Crippen molar-refractivity contribution in [1.82, 2.24) is 0 Å². The van der Waals surface area contributed by atoms with Gasteiger partial charge in [0.15, 0.2) is 0 Å². The van der Waals surface area contributed by atoms with Gasteiger partial charge in [0.2, 0.25) is 0 Å². The highest BCUT2D eigenvalue weighted by Gasteiger charge is 2.21. The maximum atomic E-state index is 6.76. The van der Waals surface area contributed by atoms with E-state index >= 15 is 0 Å². The van der Waals surface area contributed by atoms with E-state index in [1.807, 2.05) is 6.92 Å². The summed E-state index contributed by atoms with van der Waals surface area (Å²) in [7, 11) is 1.70. The highest BCUT2D eigenvalue weighted by molar-refractivity contribution is 9.10. The van der Waals surface area contributed by atoms with Gasteiger partial charge >= 0.3 is 0 Å². The first-order valence-corrected chi connectivity index (χ1v) is 8.29. The number of hydrogen-bond acceptors (Lipinski definition) is 1. The maximum Gasteiger partial charge on any atom is 0.127 e. The van der Waals surface area contributed by atoms with E-state index in [4.69, 9.17) is 16.3 Å². The van der Waals surface area contributed by atoms with Crippen LogP contribution >= 0.6 is 27.5 Å². The normalized spacial score (nSPS) is 12.3. The van der Waals surface area contributed by atoms with Crippen LogP contribution in [-0.2, 0) is 6.42 Å². The Kier molecular flexibility index (Phi) is 5.34. The molecule has 0 N–H and O–H groups in total. The monoisotopic (exact) mass is 366 g/mol. The fourth-order valence-corrected chi connectivity index (χ4v) is 3.51. The molecule has 0 radical (unpaired) electrons. The highest BCUT2D eigenvalue weighted by Crippen LogP contribution is 2.41. The Labute approximate surface area is 140 Å². The molecule has 1 nitrogen and oxygen atoms in total. The Balaban J connectivity index is 2.53. The number of rotatable bonds is 4. The van der Waals surface area contributed by atoms with E-state index in [1.54, 1.807) is 7.11 Å². The lowest BCUT2D eigenvalue weighted by molar-refractivity contribution is 0.406. The summed E-state index contributed by atoms with van der Waals surface area (Å²) in [5, 5.41) is -0.220. The molecule has 0 spiro atoms. The van der Waals surface area contributed by atoms with Gasteiger partial charge < -0.3 is 4.74 Å². The topological polar surface area (TPSA) is 9.23 Å². The first-order chi connectivity index (χ1) is 9.99. The number of halogens is 2. The number of alkyl halides is 1. The molecule has 3 heteroatoms. The van der Waals surface area contributed by atoms with Gasteiger partial charge in [0.05, 0.1) is 12.5 Å². The van der Waals surface area contributed by atoms with E-state index in [0.29, 0.717) is 0 Å². The minimum atomic E-state index is -0.220. The Hall–Kier alpha value is -0.990. The lowest BCUT2D eigenvalue weighted by atomic mass is 9.96. The van der Waals surface area contributed by atoms with Gasteiger partial charge in [-0.25, -0.2) is 0 Å². The van der Waals surface area contributed by atoms with Crippen molar-refractivity contribution in [3.8, 4) is 5.75 Å². The van der Waals surface area contributed by atoms with Crippen molar-refractivity contribution in [2.45, 2.75) is 32.6 Å². The molecular formula is C18H20BrClO. The quantitative estimate of drug-likeness (QED) is 0.605. The second kappa shape index (κ2) is 6.85. The van der Waals surface area contributed by atoms with Gasteiger partial charge in [-0.15, -0.1) is 11.6 Å². The van der Waals surface area contributed by atoms with Crippen molar-refractivity contribution in [3.05, 3.63) is 62.6 Å². The molecular weight excluding hydrogens is 348 g/mol. The first kappa shape index (κ1) is 16.4. The molecule has 0 amide bonds. The van der Waals surface area contributed by atoms with E-state index in [2.05, 4.69) is 60.1 Å². The van der Waals surface area contributed by atoms with E-state index < -0.39 is 0 Å². The van der Waals surface area contributed by atoms with E-state index in [1.165, 1.54) is 5.56 Å². The minimum absolute atomic E-state index is 0.220. The fraction of sp³-hybridized carbons (Fsp3) is 0.333. The first-order valence-electron chi connectivity index (χ1n) is 7.06. The summed E-state index contributed by atoms with van der Waals surface area (Å²) in [4.78, 5) is 0. The third-order valence-corrected chi connectivity index (χ3v) is 5.14. The standard InChI is InChI=1S/C18H20BrClO/c1-5-13-6-8-14(9-7-13)17(20)16-12(3)15(19)10-11(2)18(16)21-4/h6-10,17H,5H2,1-4H3. The smallest absolute Gasteiger partial charge is 0.127 e. The Morgan fingerprint density at radius 3 is 2.33 bits per heavy atom. The summed E-state index contributed by atoms with van der Waals surface area (Å²) in [6, 6.07) is 10.5. The lowest BCUT2D eigenvalue weighted by Crippen LogP contribution is -2.03. The van der Waals surface area contributed by atoms with Crippen LogP contribution in [0.5, 0.6) is 5.75 Å². The van der Waals surface area contributed by atoms with Gasteiger partial charge in [-0.05, 0) is 48.6 Å². The van der Waals surface area contributed by atoms with Gasteiger partial charge in [0.25, 0.3) is 0 Å². The molecule has 112 valence electrons. The molecule has 0 fully saturated rings. The SMILES string of the molecule is CCc1ccc(C(Cl)c2c(C)c(Br)cc(C)c2OC)cc1. The number of methoxy groups -OCH3 is 1. The van der Waals surface area contributed by atoms with E-state index in [0.717, 1.165) is 38.9 Å². The van der Waals surface area contributed by atoms with Crippen LogP contribution in [0.3, 0.4) is 0 Å². The van der Waals surface area contributed by atoms with Crippen molar-refractivity contribution in [3.63, 3.8) is 0 Å². The minimum Gasteiger partial charge on any atom is -0.496 e. The average Bonchev–Trinajstić information content (AvgIpc) is 2.50. The molecule has 0 aromatic heterocycles. The highest BCUT2D eigenvalue weighted by atomic mass is 79.9. The predicted octanol–water partition coefficient (Wildman–Crippen LogP) is 5.97. The van der Waals surface area contributed by atoms with Crippen molar-refractivity contribution in [2.75, 3.05) is 7.11 Å². The van der Waals surface area contributed by atoms with Crippen LogP contribution < -0.4 is 4.74 Å². The number of aryl methyl sites for hydroxylation is 2. The molecule has 2 rings (SSSR count). The molecule has 2 aromatic carbocycles. The summed E-state index contributed by atoms with van der Waals surface area (Å²) in [5.74, 6) is 0.871. The van der Waals surface area contributed by atoms with Crippen molar-refractivity contribution in [1.29, 1.82) is 0 Å². The molecule has 0 saturated heterocycles. The molecule has 0 aliphatic rings. The molecule has 0 heterocycles. The fourth-order valence-electron chi connectivity index (χ4n) is 2.54. The van der Waals surface area contributed by atoms with Crippen LogP contribution in [0.15, 0.2) is 34.8 Å². The van der Waals surface area contributed by atoms with Gasteiger partial charge in [-0.2, -0.15) is 0 Å². The number of benzene rings is 2. The summed E-state index contributed by atoms with van der Waals surface area (Å²) < 4.78 is 6.66. The predicted molar refractivity (Wildman–Crippen MR) is 93.7 cm³/mol. The third-order valence-electron chi connectivity index (χ3n) is 3.85. The van der Waals surface area contributed by atoms with Gasteiger partial charge in [-0.3, -0.25) is 0 Å². The summed E-state index contributed by atoms with van der Waals surface area (Å²) in [6.07, 6.45) is 1.03. The molecule has 0 saturated carbocycles. The summed E-state index contributed by atoms with van der Waals surface area (Å²) in [5.41, 5.74) is 5.65. The molecule has 0 aliphatic carbocycles. The second-order valence-electron chi connectivity index (χ2n) is 5.20. The van der Waals surface area contributed by atoms with Crippen LogP contribution in [0.2, 0.25) is 0 Å². The molecule has 1 unspecified atom stereocenters. The van der Waals surface area contributed by atoms with Crippen LogP contribution in [-0.4, -0.2) is 7.11 Å². The second-order valence-corrected chi connectivity index (χ2v) is 6.50. The zero-order valence-electron chi connectivity index (χ0n) is 12.8. The van der Waals surface area contributed by atoms with Gasteiger partial charge in [0.1, 0.15) is 5.75 Å². The number of hydrogen-bond donors (Lipinski definition) is 0. The zero-order chi connectivity index (χ0) is 15.6. The Morgan fingerprint density at radius 2 is 1.81 bits per heavy atom. The van der Waals surface area contributed by atoms with Crippen LogP contribution in [0, 0.1) is 13.8 Å². The van der Waals surface area contributed by atoms with Crippen molar-refractivity contribution < 1.29 is 4.74 Å². The average molecular weight is 368 g/mol. The van der Waals surface area contributed by atoms with Gasteiger partial charge in [0, 0.05) is 10.0 Å². The Bertz CT molecular complexity index is 635. The molecule has 21 heavy (non-hydrogen) atoms. The van der Waals surface area contributed by atoms with E-state index in [9.17, 15) is 0 Å². The Morgan fingerprint density at radius 1 is 1.19 bits per heavy atom. The molecule has 0 bridgehead atoms. The van der Waals surface area contributed by atoms with Crippen LogP contribution in [0.1, 0.15) is 40.1 Å². The maximum absolute atomic E-state index is 6.76. The largest absolute Gasteiger partial charge is 0.496 e.